The molecule has 0 aliphatic carbocycles. The molecule has 2 unspecified atom stereocenters. The lowest BCUT2D eigenvalue weighted by molar-refractivity contribution is 0.454. The van der Waals surface area contributed by atoms with Crippen molar-refractivity contribution in [1.29, 1.82) is 0 Å². The number of hydrazine groups is 1. The van der Waals surface area contributed by atoms with Gasteiger partial charge in [0.25, 0.3) is 0 Å². The van der Waals surface area contributed by atoms with Crippen LogP contribution in [0.1, 0.15) is 12.5 Å². The topological polar surface area (TPSA) is 36.1 Å². The molecule has 1 aromatic rings. The van der Waals surface area contributed by atoms with Crippen molar-refractivity contribution in [3.63, 3.8) is 0 Å². The maximum absolute atomic E-state index is 5.93. The molecule has 0 saturated carbocycles. The number of halogens is 1. The Hall–Kier alpha value is -0.610. The van der Waals surface area contributed by atoms with E-state index in [-0.39, 0.29) is 0 Å². The first kappa shape index (κ1) is 11.9. The van der Waals surface area contributed by atoms with Gasteiger partial charge in [-0.05, 0) is 24.6 Å². The third kappa shape index (κ3) is 3.19. The van der Waals surface area contributed by atoms with E-state index in [1.54, 1.807) is 0 Å². The molecule has 4 heteroatoms. The Morgan fingerprint density at radius 2 is 2.38 bits per heavy atom. The molecule has 88 valence electrons. The highest BCUT2D eigenvalue weighted by Gasteiger charge is 2.21. The van der Waals surface area contributed by atoms with Crippen LogP contribution in [0.25, 0.3) is 0 Å². The van der Waals surface area contributed by atoms with Gasteiger partial charge in [0.15, 0.2) is 0 Å². The lowest BCUT2D eigenvalue weighted by Gasteiger charge is -2.14. The van der Waals surface area contributed by atoms with Gasteiger partial charge in [0.1, 0.15) is 0 Å². The van der Waals surface area contributed by atoms with Crippen molar-refractivity contribution in [3.05, 3.63) is 34.9 Å². The summed E-state index contributed by atoms with van der Waals surface area (Å²) in [6.07, 6.45) is 0. The summed E-state index contributed by atoms with van der Waals surface area (Å²) in [5, 5.41) is 4.27. The van der Waals surface area contributed by atoms with Gasteiger partial charge in [-0.25, -0.2) is 0 Å². The molecule has 2 rings (SSSR count). The quantitative estimate of drug-likeness (QED) is 0.746. The molecule has 1 heterocycles. The first-order chi connectivity index (χ1) is 7.75. The summed E-state index contributed by atoms with van der Waals surface area (Å²) < 4.78 is 0. The second-order valence-corrected chi connectivity index (χ2v) is 4.77. The van der Waals surface area contributed by atoms with Crippen LogP contribution in [0.3, 0.4) is 0 Å². The molecule has 16 heavy (non-hydrogen) atoms. The minimum Gasteiger partial charge on any atom is -0.312 e. The monoisotopic (exact) mass is 239 g/mol. The van der Waals surface area contributed by atoms with Crippen molar-refractivity contribution in [1.82, 2.24) is 16.2 Å². The number of rotatable bonds is 4. The normalized spacial score (nSPS) is 24.9. The van der Waals surface area contributed by atoms with Crippen LogP contribution in [-0.2, 0) is 6.54 Å². The van der Waals surface area contributed by atoms with Crippen LogP contribution in [-0.4, -0.2) is 19.1 Å². The van der Waals surface area contributed by atoms with Gasteiger partial charge in [0.2, 0.25) is 0 Å². The molecule has 1 aliphatic heterocycles. The Morgan fingerprint density at radius 3 is 3.06 bits per heavy atom. The van der Waals surface area contributed by atoms with Crippen LogP contribution in [0.2, 0.25) is 5.02 Å². The van der Waals surface area contributed by atoms with E-state index < -0.39 is 0 Å². The van der Waals surface area contributed by atoms with Gasteiger partial charge in [-0.15, -0.1) is 0 Å². The molecule has 0 amide bonds. The van der Waals surface area contributed by atoms with E-state index >= 15 is 0 Å². The van der Waals surface area contributed by atoms with Crippen LogP contribution >= 0.6 is 11.6 Å². The van der Waals surface area contributed by atoms with E-state index in [0.717, 1.165) is 24.7 Å². The molecule has 1 aliphatic rings. The summed E-state index contributed by atoms with van der Waals surface area (Å²) in [5.41, 5.74) is 7.62. The van der Waals surface area contributed by atoms with E-state index in [9.17, 15) is 0 Å². The summed E-state index contributed by atoms with van der Waals surface area (Å²) in [4.78, 5) is 0. The fourth-order valence-electron chi connectivity index (χ4n) is 1.94. The van der Waals surface area contributed by atoms with Crippen molar-refractivity contribution >= 4 is 11.6 Å². The standard InChI is InChI=1S/C12H18ClN3/c1-9-11(8-15-16-9)7-14-6-10-3-2-4-12(13)5-10/h2-5,9,11,14-16H,6-8H2,1H3. The molecule has 3 N–H and O–H groups in total. The number of benzene rings is 1. The maximum Gasteiger partial charge on any atom is 0.0409 e. The molecule has 0 spiro atoms. The van der Waals surface area contributed by atoms with E-state index in [2.05, 4.69) is 29.2 Å². The Bertz CT molecular complexity index is 343. The summed E-state index contributed by atoms with van der Waals surface area (Å²) in [5.74, 6) is 0.652. The van der Waals surface area contributed by atoms with Crippen LogP contribution in [0, 0.1) is 5.92 Å². The molecule has 1 saturated heterocycles. The Kier molecular flexibility index (Phi) is 4.18. The molecule has 2 atom stereocenters. The number of hydrogen-bond acceptors (Lipinski definition) is 3. The van der Waals surface area contributed by atoms with Gasteiger partial charge in [-0.3, -0.25) is 10.9 Å². The molecule has 0 radical (unpaired) electrons. The molecule has 3 nitrogen and oxygen atoms in total. The zero-order chi connectivity index (χ0) is 11.4. The van der Waals surface area contributed by atoms with Gasteiger partial charge in [0.05, 0.1) is 0 Å². The lowest BCUT2D eigenvalue weighted by atomic mass is 10.0. The largest absolute Gasteiger partial charge is 0.312 e. The van der Waals surface area contributed by atoms with Crippen LogP contribution in [0.4, 0.5) is 0 Å². The third-order valence-corrected chi connectivity index (χ3v) is 3.26. The average molecular weight is 240 g/mol. The number of nitrogens with one attached hydrogen (secondary N) is 3. The maximum atomic E-state index is 5.93. The van der Waals surface area contributed by atoms with E-state index in [1.807, 2.05) is 18.2 Å². The van der Waals surface area contributed by atoms with E-state index in [1.165, 1.54) is 5.56 Å². The predicted octanol–water partition coefficient (Wildman–Crippen LogP) is 1.54. The Balaban J connectivity index is 1.75. The average Bonchev–Trinajstić information content (AvgIpc) is 2.65. The van der Waals surface area contributed by atoms with Crippen molar-refractivity contribution in [2.45, 2.75) is 19.5 Å². The summed E-state index contributed by atoms with van der Waals surface area (Å²) in [6.45, 7) is 5.13. The second-order valence-electron chi connectivity index (χ2n) is 4.33. The predicted molar refractivity (Wildman–Crippen MR) is 67.2 cm³/mol. The van der Waals surface area contributed by atoms with Gasteiger partial charge >= 0.3 is 0 Å². The summed E-state index contributed by atoms with van der Waals surface area (Å²) >= 11 is 5.93. The zero-order valence-corrected chi connectivity index (χ0v) is 10.2. The highest BCUT2D eigenvalue weighted by atomic mass is 35.5. The second kappa shape index (κ2) is 5.64. The van der Waals surface area contributed by atoms with Gasteiger partial charge in [-0.2, -0.15) is 0 Å². The highest BCUT2D eigenvalue weighted by molar-refractivity contribution is 6.30. The lowest BCUT2D eigenvalue weighted by Crippen LogP contribution is -2.32. The van der Waals surface area contributed by atoms with Crippen LogP contribution in [0.15, 0.2) is 24.3 Å². The van der Waals surface area contributed by atoms with Gasteiger partial charge in [0, 0.05) is 36.6 Å². The molecule has 1 aromatic carbocycles. The molecule has 0 aromatic heterocycles. The van der Waals surface area contributed by atoms with Gasteiger partial charge in [-0.1, -0.05) is 23.7 Å². The smallest absolute Gasteiger partial charge is 0.0409 e. The van der Waals surface area contributed by atoms with Crippen LogP contribution < -0.4 is 16.2 Å². The molecular weight excluding hydrogens is 222 g/mol. The Morgan fingerprint density at radius 1 is 1.50 bits per heavy atom. The Labute approximate surface area is 102 Å². The minimum atomic E-state index is 0.534. The van der Waals surface area contributed by atoms with E-state index in [4.69, 9.17) is 11.6 Å². The van der Waals surface area contributed by atoms with E-state index in [0.29, 0.717) is 12.0 Å². The SMILES string of the molecule is CC1NNCC1CNCc1cccc(Cl)c1. The first-order valence-corrected chi connectivity index (χ1v) is 6.07. The summed E-state index contributed by atoms with van der Waals surface area (Å²) in [6, 6.07) is 8.52. The number of hydrogen-bond donors (Lipinski definition) is 3. The first-order valence-electron chi connectivity index (χ1n) is 5.69. The summed E-state index contributed by atoms with van der Waals surface area (Å²) in [7, 11) is 0. The highest BCUT2D eigenvalue weighted by Crippen LogP contribution is 2.11. The van der Waals surface area contributed by atoms with Crippen LogP contribution in [0.5, 0.6) is 0 Å². The van der Waals surface area contributed by atoms with Crippen molar-refractivity contribution < 1.29 is 0 Å². The zero-order valence-electron chi connectivity index (χ0n) is 9.46. The fourth-order valence-corrected chi connectivity index (χ4v) is 2.16. The molecule has 1 fully saturated rings. The molecule has 0 bridgehead atoms. The fraction of sp³-hybridized carbons (Fsp3) is 0.500. The van der Waals surface area contributed by atoms with Crippen molar-refractivity contribution in [2.24, 2.45) is 5.92 Å². The minimum absolute atomic E-state index is 0.534. The van der Waals surface area contributed by atoms with Crippen molar-refractivity contribution in [2.75, 3.05) is 13.1 Å². The van der Waals surface area contributed by atoms with Gasteiger partial charge < -0.3 is 5.32 Å². The van der Waals surface area contributed by atoms with Crippen molar-refractivity contribution in [3.8, 4) is 0 Å². The third-order valence-electron chi connectivity index (χ3n) is 3.03. The molecular formula is C12H18ClN3.